The van der Waals surface area contributed by atoms with E-state index in [-0.39, 0.29) is 30.9 Å². The molecule has 122 valence electrons. The van der Waals surface area contributed by atoms with E-state index in [1.165, 1.54) is 4.90 Å². The van der Waals surface area contributed by atoms with E-state index in [9.17, 15) is 14.4 Å². The van der Waals surface area contributed by atoms with Crippen LogP contribution < -0.4 is 5.32 Å². The molecule has 0 spiro atoms. The molecule has 7 nitrogen and oxygen atoms in total. The maximum Gasteiger partial charge on any atom is 0.317 e. The summed E-state index contributed by atoms with van der Waals surface area (Å²) in [5.74, 6) is -0.584. The highest BCUT2D eigenvalue weighted by atomic mass is 16.2. The quantitative estimate of drug-likeness (QED) is 0.811. The fraction of sp³-hybridized carbons (Fsp3) is 0.438. The van der Waals surface area contributed by atoms with Crippen LogP contribution in [-0.2, 0) is 0 Å². The molecule has 1 aromatic rings. The average Bonchev–Trinajstić information content (AvgIpc) is 2.81. The summed E-state index contributed by atoms with van der Waals surface area (Å²) in [7, 11) is 2.03. The molecule has 0 saturated carbocycles. The van der Waals surface area contributed by atoms with Gasteiger partial charge in [0.2, 0.25) is 0 Å². The van der Waals surface area contributed by atoms with Crippen molar-refractivity contribution in [2.24, 2.45) is 0 Å². The Labute approximate surface area is 134 Å². The Morgan fingerprint density at radius 2 is 1.61 bits per heavy atom. The van der Waals surface area contributed by atoms with Crippen molar-refractivity contribution in [2.75, 3.05) is 46.3 Å². The Kier molecular flexibility index (Phi) is 4.29. The van der Waals surface area contributed by atoms with Crippen LogP contribution in [0.4, 0.5) is 4.79 Å². The molecule has 3 rings (SSSR count). The average molecular weight is 316 g/mol. The molecule has 2 aliphatic rings. The fourth-order valence-corrected chi connectivity index (χ4v) is 2.84. The standard InChI is InChI=1S/C16H20N4O3/c1-18-8-10-19(11-9-18)16(23)17-6-7-20-14(21)12-4-2-3-5-13(12)15(20)22/h2-5H,6-11H2,1H3,(H,17,23). The van der Waals surface area contributed by atoms with Crippen LogP contribution in [0.3, 0.4) is 0 Å². The molecule has 2 aliphatic heterocycles. The third-order valence-corrected chi connectivity index (χ3v) is 4.28. The zero-order chi connectivity index (χ0) is 16.4. The van der Waals surface area contributed by atoms with Crippen molar-refractivity contribution in [3.05, 3.63) is 35.4 Å². The maximum absolute atomic E-state index is 12.2. The van der Waals surface area contributed by atoms with E-state index in [4.69, 9.17) is 0 Å². The lowest BCUT2D eigenvalue weighted by molar-refractivity contribution is 0.0654. The highest BCUT2D eigenvalue weighted by Crippen LogP contribution is 2.21. The molecule has 7 heteroatoms. The van der Waals surface area contributed by atoms with Gasteiger partial charge in [-0.3, -0.25) is 14.5 Å². The number of carbonyl (C=O) groups excluding carboxylic acids is 3. The van der Waals surface area contributed by atoms with Crippen LogP contribution in [0.2, 0.25) is 0 Å². The molecular weight excluding hydrogens is 296 g/mol. The van der Waals surface area contributed by atoms with E-state index in [0.29, 0.717) is 24.2 Å². The van der Waals surface area contributed by atoms with Crippen molar-refractivity contribution in [1.82, 2.24) is 20.0 Å². The Hall–Kier alpha value is -2.41. The highest BCUT2D eigenvalue weighted by molar-refractivity contribution is 6.21. The number of urea groups is 1. The zero-order valence-corrected chi connectivity index (χ0v) is 13.1. The minimum atomic E-state index is -0.292. The second-order valence-electron chi connectivity index (χ2n) is 5.83. The molecule has 23 heavy (non-hydrogen) atoms. The van der Waals surface area contributed by atoms with Crippen molar-refractivity contribution < 1.29 is 14.4 Å². The second kappa shape index (κ2) is 6.37. The minimum Gasteiger partial charge on any atom is -0.336 e. The van der Waals surface area contributed by atoms with Gasteiger partial charge in [-0.2, -0.15) is 0 Å². The number of benzene rings is 1. The number of carbonyl (C=O) groups is 3. The molecule has 4 amide bonds. The van der Waals surface area contributed by atoms with Gasteiger partial charge in [0.1, 0.15) is 0 Å². The smallest absolute Gasteiger partial charge is 0.317 e. The number of fused-ring (bicyclic) bond motifs is 1. The van der Waals surface area contributed by atoms with E-state index >= 15 is 0 Å². The topological polar surface area (TPSA) is 73.0 Å². The summed E-state index contributed by atoms with van der Waals surface area (Å²) in [5, 5.41) is 2.78. The summed E-state index contributed by atoms with van der Waals surface area (Å²) < 4.78 is 0. The summed E-state index contributed by atoms with van der Waals surface area (Å²) in [6.07, 6.45) is 0. The van der Waals surface area contributed by atoms with Crippen LogP contribution >= 0.6 is 0 Å². The first-order chi connectivity index (χ1) is 11.1. The fourth-order valence-electron chi connectivity index (χ4n) is 2.84. The lowest BCUT2D eigenvalue weighted by Crippen LogP contribution is -2.51. The molecule has 1 N–H and O–H groups in total. The van der Waals surface area contributed by atoms with Crippen molar-refractivity contribution in [3.8, 4) is 0 Å². The van der Waals surface area contributed by atoms with Gasteiger partial charge in [-0.05, 0) is 19.2 Å². The number of likely N-dealkylation sites (N-methyl/N-ethyl adjacent to an activating group) is 1. The van der Waals surface area contributed by atoms with Crippen LogP contribution in [0.15, 0.2) is 24.3 Å². The van der Waals surface area contributed by atoms with Gasteiger partial charge in [-0.15, -0.1) is 0 Å². The number of nitrogens with zero attached hydrogens (tertiary/aromatic N) is 3. The second-order valence-corrected chi connectivity index (χ2v) is 5.83. The van der Waals surface area contributed by atoms with E-state index in [2.05, 4.69) is 10.2 Å². The van der Waals surface area contributed by atoms with Crippen molar-refractivity contribution in [1.29, 1.82) is 0 Å². The third-order valence-electron chi connectivity index (χ3n) is 4.28. The van der Waals surface area contributed by atoms with Gasteiger partial charge < -0.3 is 15.1 Å². The molecule has 1 fully saturated rings. The van der Waals surface area contributed by atoms with Crippen LogP contribution in [0.25, 0.3) is 0 Å². The summed E-state index contributed by atoms with van der Waals surface area (Å²) in [4.78, 5) is 41.6. The van der Waals surface area contributed by atoms with Crippen LogP contribution in [-0.4, -0.2) is 78.9 Å². The van der Waals surface area contributed by atoms with Crippen molar-refractivity contribution >= 4 is 17.8 Å². The Morgan fingerprint density at radius 3 is 2.17 bits per heavy atom. The molecule has 0 bridgehead atoms. The van der Waals surface area contributed by atoms with Crippen LogP contribution in [0.5, 0.6) is 0 Å². The van der Waals surface area contributed by atoms with Gasteiger partial charge in [0, 0.05) is 39.3 Å². The minimum absolute atomic E-state index is 0.144. The van der Waals surface area contributed by atoms with Crippen LogP contribution in [0, 0.1) is 0 Å². The van der Waals surface area contributed by atoms with Gasteiger partial charge in [-0.25, -0.2) is 4.79 Å². The van der Waals surface area contributed by atoms with Gasteiger partial charge in [0.15, 0.2) is 0 Å². The molecule has 0 radical (unpaired) electrons. The van der Waals surface area contributed by atoms with E-state index in [0.717, 1.165) is 13.1 Å². The number of rotatable bonds is 3. The summed E-state index contributed by atoms with van der Waals surface area (Å²) in [6.45, 7) is 3.53. The number of hydrogen-bond donors (Lipinski definition) is 1. The number of piperazine rings is 1. The van der Waals surface area contributed by atoms with Crippen LogP contribution in [0.1, 0.15) is 20.7 Å². The van der Waals surface area contributed by atoms with E-state index in [1.54, 1.807) is 29.2 Å². The Morgan fingerprint density at radius 1 is 1.04 bits per heavy atom. The molecule has 1 aromatic carbocycles. The lowest BCUT2D eigenvalue weighted by atomic mass is 10.1. The molecule has 1 saturated heterocycles. The van der Waals surface area contributed by atoms with Gasteiger partial charge in [-0.1, -0.05) is 12.1 Å². The number of imide groups is 1. The van der Waals surface area contributed by atoms with E-state index < -0.39 is 0 Å². The van der Waals surface area contributed by atoms with Gasteiger partial charge >= 0.3 is 6.03 Å². The molecule has 0 aliphatic carbocycles. The largest absolute Gasteiger partial charge is 0.336 e. The summed E-state index contributed by atoms with van der Waals surface area (Å²) in [6, 6.07) is 6.64. The van der Waals surface area contributed by atoms with Gasteiger partial charge in [0.25, 0.3) is 11.8 Å². The maximum atomic E-state index is 12.2. The summed E-state index contributed by atoms with van der Waals surface area (Å²) in [5.41, 5.74) is 0.866. The van der Waals surface area contributed by atoms with Crippen molar-refractivity contribution in [2.45, 2.75) is 0 Å². The zero-order valence-electron chi connectivity index (χ0n) is 13.1. The first-order valence-corrected chi connectivity index (χ1v) is 7.74. The SMILES string of the molecule is CN1CCN(C(=O)NCCN2C(=O)c3ccccc3C2=O)CC1. The predicted molar refractivity (Wildman–Crippen MR) is 84.3 cm³/mol. The predicted octanol–water partition coefficient (Wildman–Crippen LogP) is 0.240. The molecule has 0 atom stereocenters. The summed E-state index contributed by atoms with van der Waals surface area (Å²) >= 11 is 0. The van der Waals surface area contributed by atoms with Crippen molar-refractivity contribution in [3.63, 3.8) is 0 Å². The number of nitrogens with one attached hydrogen (secondary N) is 1. The van der Waals surface area contributed by atoms with Gasteiger partial charge in [0.05, 0.1) is 11.1 Å². The molecular formula is C16H20N4O3. The Bertz CT molecular complexity index is 603. The highest BCUT2D eigenvalue weighted by Gasteiger charge is 2.34. The first-order valence-electron chi connectivity index (χ1n) is 7.74. The monoisotopic (exact) mass is 316 g/mol. The molecule has 0 aromatic heterocycles. The number of amides is 4. The normalized spacial score (nSPS) is 18.3. The van der Waals surface area contributed by atoms with E-state index in [1.807, 2.05) is 7.05 Å². The number of hydrogen-bond acceptors (Lipinski definition) is 4. The third kappa shape index (κ3) is 3.05. The molecule has 2 heterocycles. The first kappa shape index (κ1) is 15.5. The molecule has 0 unspecified atom stereocenters. The lowest BCUT2D eigenvalue weighted by Gasteiger charge is -2.32. The Balaban J connectivity index is 1.51.